The van der Waals surface area contributed by atoms with Crippen LogP contribution in [-0.4, -0.2) is 32.4 Å². The lowest BCUT2D eigenvalue weighted by Crippen LogP contribution is -2.17. The first-order valence-corrected chi connectivity index (χ1v) is 8.55. The zero-order chi connectivity index (χ0) is 18.8. The molecule has 6 nitrogen and oxygen atoms in total. The zero-order valence-corrected chi connectivity index (χ0v) is 15.3. The van der Waals surface area contributed by atoms with Crippen LogP contribution in [0.25, 0.3) is 0 Å². The predicted molar refractivity (Wildman–Crippen MR) is 101 cm³/mol. The molecule has 0 atom stereocenters. The number of nitrogens with zero attached hydrogens (tertiary/aromatic N) is 1. The highest BCUT2D eigenvalue weighted by Gasteiger charge is 2.10. The predicted octanol–water partition coefficient (Wildman–Crippen LogP) is 3.65. The lowest BCUT2D eigenvalue weighted by molar-refractivity contribution is 0.0954. The molecule has 0 spiro atoms. The summed E-state index contributed by atoms with van der Waals surface area (Å²) >= 11 is 0. The Bertz CT molecular complexity index is 759. The maximum Gasteiger partial charge on any atom is 0.271 e. The van der Waals surface area contributed by atoms with Gasteiger partial charge in [-0.05, 0) is 43.7 Å². The summed E-state index contributed by atoms with van der Waals surface area (Å²) in [6, 6.07) is 12.5. The molecule has 0 aliphatic carbocycles. The van der Waals surface area contributed by atoms with Gasteiger partial charge < -0.3 is 14.2 Å². The fraction of sp³-hybridized carbons (Fsp3) is 0.300. The Morgan fingerprint density at radius 2 is 1.88 bits per heavy atom. The average Bonchev–Trinajstić information content (AvgIpc) is 2.67. The molecule has 0 heterocycles. The number of para-hydroxylation sites is 1. The first-order valence-electron chi connectivity index (χ1n) is 8.55. The number of methoxy groups -OCH3 is 1. The van der Waals surface area contributed by atoms with Crippen molar-refractivity contribution in [3.05, 3.63) is 53.6 Å². The largest absolute Gasteiger partial charge is 0.493 e. The van der Waals surface area contributed by atoms with E-state index < -0.39 is 0 Å². The molecule has 0 radical (unpaired) electrons. The van der Waals surface area contributed by atoms with E-state index in [0.29, 0.717) is 30.3 Å². The number of carbonyl (C=O) groups excluding carboxylic acids is 1. The van der Waals surface area contributed by atoms with E-state index in [2.05, 4.69) is 10.5 Å². The summed E-state index contributed by atoms with van der Waals surface area (Å²) in [7, 11) is 1.53. The minimum atomic E-state index is -0.338. The van der Waals surface area contributed by atoms with Crippen LogP contribution >= 0.6 is 0 Å². The fourth-order valence-corrected chi connectivity index (χ4v) is 2.24. The van der Waals surface area contributed by atoms with Crippen LogP contribution < -0.4 is 19.6 Å². The van der Waals surface area contributed by atoms with Gasteiger partial charge >= 0.3 is 0 Å². The minimum absolute atomic E-state index is 0.338. The third-order valence-corrected chi connectivity index (χ3v) is 3.48. The van der Waals surface area contributed by atoms with Crippen molar-refractivity contribution < 1.29 is 19.0 Å². The van der Waals surface area contributed by atoms with E-state index in [1.807, 2.05) is 38.1 Å². The molecule has 0 unspecified atom stereocenters. The maximum absolute atomic E-state index is 12.3. The Morgan fingerprint density at radius 3 is 2.62 bits per heavy atom. The van der Waals surface area contributed by atoms with Crippen LogP contribution in [0.4, 0.5) is 0 Å². The van der Waals surface area contributed by atoms with Crippen LogP contribution in [0.3, 0.4) is 0 Å². The summed E-state index contributed by atoms with van der Waals surface area (Å²) in [4.78, 5) is 12.3. The molecule has 0 fully saturated rings. The molecule has 0 saturated carbocycles. The highest BCUT2D eigenvalue weighted by molar-refractivity contribution is 5.95. The van der Waals surface area contributed by atoms with Gasteiger partial charge in [0.15, 0.2) is 11.5 Å². The Kier molecular flexibility index (Phi) is 7.49. The van der Waals surface area contributed by atoms with E-state index in [1.54, 1.807) is 24.4 Å². The van der Waals surface area contributed by atoms with Gasteiger partial charge in [0.2, 0.25) is 0 Å². The molecule has 138 valence electrons. The second-order valence-corrected chi connectivity index (χ2v) is 5.38. The van der Waals surface area contributed by atoms with Crippen molar-refractivity contribution in [1.29, 1.82) is 0 Å². The van der Waals surface area contributed by atoms with Gasteiger partial charge in [-0.1, -0.05) is 19.1 Å². The van der Waals surface area contributed by atoms with E-state index in [9.17, 15) is 4.79 Å². The molecule has 1 amide bonds. The number of hydrogen-bond acceptors (Lipinski definition) is 5. The first kappa shape index (κ1) is 19.3. The Hall–Kier alpha value is -3.02. The Balaban J connectivity index is 2.06. The number of hydrogen-bond donors (Lipinski definition) is 1. The molecular formula is C20H24N2O4. The van der Waals surface area contributed by atoms with Crippen molar-refractivity contribution in [2.24, 2.45) is 5.10 Å². The molecule has 0 aliphatic heterocycles. The number of amides is 1. The van der Waals surface area contributed by atoms with Gasteiger partial charge in [0, 0.05) is 11.1 Å². The van der Waals surface area contributed by atoms with Gasteiger partial charge in [0.1, 0.15) is 5.75 Å². The number of nitrogens with one attached hydrogen (secondary N) is 1. The molecule has 0 saturated heterocycles. The smallest absolute Gasteiger partial charge is 0.271 e. The van der Waals surface area contributed by atoms with E-state index >= 15 is 0 Å². The number of ether oxygens (including phenoxy) is 3. The molecule has 2 aromatic carbocycles. The van der Waals surface area contributed by atoms with Gasteiger partial charge in [-0.3, -0.25) is 4.79 Å². The number of rotatable bonds is 9. The van der Waals surface area contributed by atoms with Crippen LogP contribution in [-0.2, 0) is 0 Å². The first-order chi connectivity index (χ1) is 12.7. The molecule has 0 aromatic heterocycles. The molecule has 26 heavy (non-hydrogen) atoms. The zero-order valence-electron chi connectivity index (χ0n) is 15.3. The summed E-state index contributed by atoms with van der Waals surface area (Å²) in [5.74, 6) is 1.49. The van der Waals surface area contributed by atoms with E-state index in [0.717, 1.165) is 17.7 Å². The lowest BCUT2D eigenvalue weighted by Gasteiger charge is -2.10. The number of hydrazone groups is 1. The summed E-state index contributed by atoms with van der Waals surface area (Å²) in [5.41, 5.74) is 3.74. The van der Waals surface area contributed by atoms with Gasteiger partial charge in [-0.25, -0.2) is 5.43 Å². The SMILES string of the molecule is CCCOc1ccccc1/C=N/NC(=O)c1ccc(OCC)c(OC)c1. The van der Waals surface area contributed by atoms with Crippen LogP contribution in [0.2, 0.25) is 0 Å². The van der Waals surface area contributed by atoms with Gasteiger partial charge in [-0.15, -0.1) is 0 Å². The second-order valence-electron chi connectivity index (χ2n) is 5.38. The molecule has 6 heteroatoms. The van der Waals surface area contributed by atoms with E-state index in [-0.39, 0.29) is 5.91 Å². The average molecular weight is 356 g/mol. The number of benzene rings is 2. The Labute approximate surface area is 153 Å². The topological polar surface area (TPSA) is 69.2 Å². The molecule has 2 rings (SSSR count). The van der Waals surface area contributed by atoms with Crippen LogP contribution in [0.1, 0.15) is 36.2 Å². The fourth-order valence-electron chi connectivity index (χ4n) is 2.24. The molecule has 2 aromatic rings. The van der Waals surface area contributed by atoms with Crippen molar-refractivity contribution in [2.75, 3.05) is 20.3 Å². The maximum atomic E-state index is 12.3. The van der Waals surface area contributed by atoms with E-state index in [1.165, 1.54) is 7.11 Å². The van der Waals surface area contributed by atoms with Crippen molar-refractivity contribution in [3.8, 4) is 17.2 Å². The standard InChI is InChI=1S/C20H24N2O4/c1-4-12-26-17-9-7-6-8-16(17)14-21-22-20(23)15-10-11-18(25-5-2)19(13-15)24-3/h6-11,13-14H,4-5,12H2,1-3H3,(H,22,23)/b21-14+. The van der Waals surface area contributed by atoms with Crippen molar-refractivity contribution in [2.45, 2.75) is 20.3 Å². The monoisotopic (exact) mass is 356 g/mol. The van der Waals surface area contributed by atoms with E-state index in [4.69, 9.17) is 14.2 Å². The third-order valence-electron chi connectivity index (χ3n) is 3.48. The van der Waals surface area contributed by atoms with Crippen molar-refractivity contribution in [3.63, 3.8) is 0 Å². The van der Waals surface area contributed by atoms with Crippen molar-refractivity contribution >= 4 is 12.1 Å². The van der Waals surface area contributed by atoms with Gasteiger partial charge in [0.05, 0.1) is 26.5 Å². The molecular weight excluding hydrogens is 332 g/mol. The molecule has 0 aliphatic rings. The summed E-state index contributed by atoms with van der Waals surface area (Å²) in [6.07, 6.45) is 2.48. The van der Waals surface area contributed by atoms with Gasteiger partial charge in [-0.2, -0.15) is 5.10 Å². The van der Waals surface area contributed by atoms with Crippen LogP contribution in [0, 0.1) is 0 Å². The highest BCUT2D eigenvalue weighted by Crippen LogP contribution is 2.28. The second kappa shape index (κ2) is 10.1. The van der Waals surface area contributed by atoms with Crippen molar-refractivity contribution in [1.82, 2.24) is 5.43 Å². The molecule has 1 N–H and O–H groups in total. The lowest BCUT2D eigenvalue weighted by atomic mass is 10.2. The summed E-state index contributed by atoms with van der Waals surface area (Å²) in [6.45, 7) is 5.08. The number of carbonyl (C=O) groups is 1. The third kappa shape index (κ3) is 5.24. The normalized spacial score (nSPS) is 10.6. The van der Waals surface area contributed by atoms with Gasteiger partial charge in [0.25, 0.3) is 5.91 Å². The molecule has 0 bridgehead atoms. The summed E-state index contributed by atoms with van der Waals surface area (Å²) < 4.78 is 16.4. The summed E-state index contributed by atoms with van der Waals surface area (Å²) in [5, 5.41) is 4.02. The Morgan fingerprint density at radius 1 is 1.08 bits per heavy atom. The highest BCUT2D eigenvalue weighted by atomic mass is 16.5. The minimum Gasteiger partial charge on any atom is -0.493 e. The van der Waals surface area contributed by atoms with Crippen LogP contribution in [0.15, 0.2) is 47.6 Å². The quantitative estimate of drug-likeness (QED) is 0.550. The van der Waals surface area contributed by atoms with Crippen LogP contribution in [0.5, 0.6) is 17.2 Å².